The van der Waals surface area contributed by atoms with E-state index >= 15 is 0 Å². The largest absolute Gasteiger partial charge is 0.388 e. The quantitative estimate of drug-likeness (QED) is 0.728. The first kappa shape index (κ1) is 13.0. The minimum absolute atomic E-state index is 0.0524. The average Bonchev–Trinajstić information content (AvgIpc) is 2.75. The van der Waals surface area contributed by atoms with E-state index in [-0.39, 0.29) is 12.5 Å². The van der Waals surface area contributed by atoms with Crippen molar-refractivity contribution in [3.05, 3.63) is 11.9 Å². The van der Waals surface area contributed by atoms with Gasteiger partial charge < -0.3 is 15.7 Å². The fourth-order valence-corrected chi connectivity index (χ4v) is 2.18. The number of carbonyl (C=O) groups is 1. The number of carbonyl (C=O) groups excluding carboxylic acids is 1. The lowest BCUT2D eigenvalue weighted by atomic mass is 9.95. The highest BCUT2D eigenvalue weighted by Gasteiger charge is 2.30. The number of nitrogens with zero attached hydrogens (tertiary/aromatic N) is 4. The van der Waals surface area contributed by atoms with Gasteiger partial charge in [-0.1, -0.05) is 5.21 Å². The molecular formula is C11H19N5O2. The molecule has 0 aromatic carbocycles. The van der Waals surface area contributed by atoms with Crippen LogP contribution in [0.1, 0.15) is 25.5 Å². The molecule has 18 heavy (non-hydrogen) atoms. The number of β-amino-alcohol motifs (C(OH)–C–C–N with tert-alkyl or cyclic N) is 1. The van der Waals surface area contributed by atoms with Gasteiger partial charge in [0.25, 0.3) is 0 Å². The molecule has 7 nitrogen and oxygen atoms in total. The third-order valence-corrected chi connectivity index (χ3v) is 3.12. The van der Waals surface area contributed by atoms with Crippen LogP contribution in [0.4, 0.5) is 0 Å². The molecule has 0 spiro atoms. The van der Waals surface area contributed by atoms with Gasteiger partial charge in [0, 0.05) is 19.6 Å². The van der Waals surface area contributed by atoms with Crippen LogP contribution in [0.15, 0.2) is 6.20 Å². The van der Waals surface area contributed by atoms with Gasteiger partial charge in [0.1, 0.15) is 6.54 Å². The maximum absolute atomic E-state index is 12.0. The third kappa shape index (κ3) is 3.05. The predicted molar refractivity (Wildman–Crippen MR) is 64.4 cm³/mol. The number of hydrogen-bond donors (Lipinski definition) is 2. The zero-order chi connectivity index (χ0) is 13.2. The second kappa shape index (κ2) is 5.03. The van der Waals surface area contributed by atoms with Gasteiger partial charge in [-0.25, -0.2) is 4.68 Å². The van der Waals surface area contributed by atoms with Gasteiger partial charge in [0.05, 0.1) is 17.5 Å². The van der Waals surface area contributed by atoms with Crippen molar-refractivity contribution >= 4 is 5.91 Å². The lowest BCUT2D eigenvalue weighted by molar-refractivity contribution is -0.138. The summed E-state index contributed by atoms with van der Waals surface area (Å²) in [6, 6.07) is 0. The monoisotopic (exact) mass is 253 g/mol. The van der Waals surface area contributed by atoms with Crippen molar-refractivity contribution in [1.29, 1.82) is 0 Å². The third-order valence-electron chi connectivity index (χ3n) is 3.12. The highest BCUT2D eigenvalue weighted by molar-refractivity contribution is 5.76. The molecule has 1 saturated heterocycles. The maximum atomic E-state index is 12.0. The molecule has 1 aromatic heterocycles. The van der Waals surface area contributed by atoms with Crippen molar-refractivity contribution in [3.63, 3.8) is 0 Å². The summed E-state index contributed by atoms with van der Waals surface area (Å²) < 4.78 is 1.48. The van der Waals surface area contributed by atoms with Gasteiger partial charge in [-0.05, 0) is 19.8 Å². The summed E-state index contributed by atoms with van der Waals surface area (Å²) in [6.45, 7) is 3.28. The van der Waals surface area contributed by atoms with E-state index in [1.54, 1.807) is 18.0 Å². The average molecular weight is 253 g/mol. The normalized spacial score (nSPS) is 24.3. The van der Waals surface area contributed by atoms with Crippen LogP contribution in [0.3, 0.4) is 0 Å². The molecule has 0 radical (unpaired) electrons. The highest BCUT2D eigenvalue weighted by Crippen LogP contribution is 2.20. The zero-order valence-electron chi connectivity index (χ0n) is 10.5. The summed E-state index contributed by atoms with van der Waals surface area (Å²) in [5.41, 5.74) is 5.31. The molecule has 7 heteroatoms. The minimum atomic E-state index is -0.779. The highest BCUT2D eigenvalue weighted by atomic mass is 16.3. The van der Waals surface area contributed by atoms with E-state index in [2.05, 4.69) is 10.3 Å². The Bertz CT molecular complexity index is 429. The summed E-state index contributed by atoms with van der Waals surface area (Å²) in [5, 5.41) is 17.6. The number of amides is 1. The molecule has 1 fully saturated rings. The minimum Gasteiger partial charge on any atom is -0.388 e. The van der Waals surface area contributed by atoms with Crippen LogP contribution in [-0.2, 0) is 17.9 Å². The Labute approximate surface area is 106 Å². The number of aliphatic hydroxyl groups is 1. The van der Waals surface area contributed by atoms with Crippen molar-refractivity contribution in [1.82, 2.24) is 19.9 Å². The number of aromatic nitrogens is 3. The van der Waals surface area contributed by atoms with E-state index < -0.39 is 5.60 Å². The lowest BCUT2D eigenvalue weighted by Crippen LogP contribution is -2.49. The summed E-state index contributed by atoms with van der Waals surface area (Å²) in [6.07, 6.45) is 3.22. The molecule has 0 aliphatic carbocycles. The molecule has 2 heterocycles. The Morgan fingerprint density at radius 3 is 3.06 bits per heavy atom. The number of nitrogens with two attached hydrogens (primary N) is 1. The Morgan fingerprint density at radius 2 is 2.44 bits per heavy atom. The second-order valence-electron chi connectivity index (χ2n) is 5.03. The topological polar surface area (TPSA) is 97.3 Å². The Morgan fingerprint density at radius 1 is 1.67 bits per heavy atom. The van der Waals surface area contributed by atoms with E-state index in [0.29, 0.717) is 25.3 Å². The van der Waals surface area contributed by atoms with Gasteiger partial charge in [0.2, 0.25) is 5.91 Å². The Balaban J connectivity index is 1.95. The lowest BCUT2D eigenvalue weighted by Gasteiger charge is -2.36. The van der Waals surface area contributed by atoms with Crippen LogP contribution < -0.4 is 5.73 Å². The zero-order valence-corrected chi connectivity index (χ0v) is 10.5. The van der Waals surface area contributed by atoms with Gasteiger partial charge in [-0.2, -0.15) is 0 Å². The summed E-state index contributed by atoms with van der Waals surface area (Å²) in [5.74, 6) is -0.0524. The molecule has 100 valence electrons. The Kier molecular flexibility index (Phi) is 3.63. The van der Waals surface area contributed by atoms with Gasteiger partial charge >= 0.3 is 0 Å². The molecular weight excluding hydrogens is 234 g/mol. The first-order valence-electron chi connectivity index (χ1n) is 6.09. The van der Waals surface area contributed by atoms with Gasteiger partial charge in [-0.15, -0.1) is 5.10 Å². The van der Waals surface area contributed by atoms with Crippen molar-refractivity contribution < 1.29 is 9.90 Å². The summed E-state index contributed by atoms with van der Waals surface area (Å²) in [4.78, 5) is 13.7. The molecule has 2 rings (SSSR count). The fraction of sp³-hybridized carbons (Fsp3) is 0.727. The van der Waals surface area contributed by atoms with Crippen molar-refractivity contribution in [2.75, 3.05) is 13.1 Å². The van der Waals surface area contributed by atoms with Gasteiger partial charge in [-0.3, -0.25) is 4.79 Å². The number of hydrogen-bond acceptors (Lipinski definition) is 5. The maximum Gasteiger partial charge on any atom is 0.244 e. The van der Waals surface area contributed by atoms with Crippen LogP contribution in [0.5, 0.6) is 0 Å². The predicted octanol–water partition coefficient (Wildman–Crippen LogP) is -0.890. The van der Waals surface area contributed by atoms with E-state index in [4.69, 9.17) is 5.73 Å². The summed E-state index contributed by atoms with van der Waals surface area (Å²) >= 11 is 0. The second-order valence-corrected chi connectivity index (χ2v) is 5.03. The van der Waals surface area contributed by atoms with Crippen LogP contribution in [0, 0.1) is 0 Å². The van der Waals surface area contributed by atoms with Crippen LogP contribution in [0.2, 0.25) is 0 Å². The number of piperidine rings is 1. The molecule has 1 amide bonds. The van der Waals surface area contributed by atoms with Crippen molar-refractivity contribution in [2.24, 2.45) is 5.73 Å². The standard InChI is InChI=1S/C11H19N5O2/c1-11(18)3-2-4-15(8-11)10(17)7-16-6-9(5-12)13-14-16/h6,18H,2-5,7-8,12H2,1H3. The molecule has 1 atom stereocenters. The van der Waals surface area contributed by atoms with E-state index in [0.717, 1.165) is 12.8 Å². The molecule has 1 aliphatic rings. The SMILES string of the molecule is CC1(O)CCCN(C(=O)Cn2cc(CN)nn2)C1. The summed E-state index contributed by atoms with van der Waals surface area (Å²) in [7, 11) is 0. The molecule has 0 saturated carbocycles. The number of likely N-dealkylation sites (tertiary alicyclic amines) is 1. The smallest absolute Gasteiger partial charge is 0.244 e. The van der Waals surface area contributed by atoms with E-state index in [1.807, 2.05) is 0 Å². The molecule has 1 aromatic rings. The fourth-order valence-electron chi connectivity index (χ4n) is 2.18. The number of rotatable bonds is 3. The van der Waals surface area contributed by atoms with Gasteiger partial charge in [0.15, 0.2) is 0 Å². The molecule has 1 aliphatic heterocycles. The van der Waals surface area contributed by atoms with Crippen LogP contribution in [-0.4, -0.2) is 49.6 Å². The molecule has 1 unspecified atom stereocenters. The first-order valence-corrected chi connectivity index (χ1v) is 6.09. The van der Waals surface area contributed by atoms with Crippen molar-refractivity contribution in [3.8, 4) is 0 Å². The van der Waals surface area contributed by atoms with Crippen LogP contribution >= 0.6 is 0 Å². The van der Waals surface area contributed by atoms with Crippen molar-refractivity contribution in [2.45, 2.75) is 38.5 Å². The van der Waals surface area contributed by atoms with E-state index in [9.17, 15) is 9.90 Å². The first-order chi connectivity index (χ1) is 8.50. The van der Waals surface area contributed by atoms with E-state index in [1.165, 1.54) is 4.68 Å². The molecule has 0 bridgehead atoms. The van der Waals surface area contributed by atoms with Crippen LogP contribution in [0.25, 0.3) is 0 Å². The Hall–Kier alpha value is -1.47. The molecule has 3 N–H and O–H groups in total.